The molecule has 3 amide bonds. The summed E-state index contributed by atoms with van der Waals surface area (Å²) in [5, 5.41) is 8.94. The molecule has 0 spiro atoms. The van der Waals surface area contributed by atoms with Crippen LogP contribution in [0.5, 0.6) is 0 Å². The fourth-order valence-electron chi connectivity index (χ4n) is 2.08. The van der Waals surface area contributed by atoms with Crippen molar-refractivity contribution in [3.8, 4) is 0 Å². The van der Waals surface area contributed by atoms with E-state index in [1.165, 1.54) is 0 Å². The zero-order valence-corrected chi connectivity index (χ0v) is 9.05. The number of carbonyl (C=O) groups excluding carboxylic acids is 2. The van der Waals surface area contributed by atoms with Crippen LogP contribution in [0.4, 0.5) is 4.79 Å². The molecule has 1 aromatic rings. The number of urea groups is 1. The number of imide groups is 1. The number of aromatic nitrogens is 2. The van der Waals surface area contributed by atoms with Gasteiger partial charge in [0.1, 0.15) is 6.04 Å². The lowest BCUT2D eigenvalue weighted by Gasteiger charge is -2.07. The molecular weight excluding hydrogens is 224 g/mol. The highest BCUT2D eigenvalue weighted by atomic mass is 16.5. The third kappa shape index (κ3) is 1.78. The Morgan fingerprint density at radius 3 is 3.00 bits per heavy atom. The Bertz CT molecular complexity index is 464. The first kappa shape index (κ1) is 10.3. The topological polar surface area (TPSA) is 85.2 Å². The van der Waals surface area contributed by atoms with Crippen LogP contribution in [-0.2, 0) is 9.53 Å². The molecule has 2 aliphatic heterocycles. The highest BCUT2D eigenvalue weighted by molar-refractivity contribution is 6.04. The fraction of sp³-hybridized carbons (Fsp3) is 0.500. The average Bonchev–Trinajstić information content (AvgIpc) is 2.97. The third-order valence-corrected chi connectivity index (χ3v) is 3.01. The molecule has 90 valence electrons. The Balaban J connectivity index is 1.80. The molecule has 0 aromatic carbocycles. The Kier molecular flexibility index (Phi) is 2.32. The molecule has 7 nitrogen and oxygen atoms in total. The lowest BCUT2D eigenvalue weighted by atomic mass is 10.1. The summed E-state index contributed by atoms with van der Waals surface area (Å²) >= 11 is 0. The van der Waals surface area contributed by atoms with E-state index in [9.17, 15) is 9.59 Å². The largest absolute Gasteiger partial charge is 0.379 e. The monoisotopic (exact) mass is 236 g/mol. The second-order valence-corrected chi connectivity index (χ2v) is 4.17. The number of carbonyl (C=O) groups is 2. The van der Waals surface area contributed by atoms with Crippen molar-refractivity contribution in [2.24, 2.45) is 0 Å². The Morgan fingerprint density at radius 2 is 2.35 bits per heavy atom. The predicted molar refractivity (Wildman–Crippen MR) is 56.1 cm³/mol. The maximum absolute atomic E-state index is 11.5. The zero-order valence-electron chi connectivity index (χ0n) is 9.05. The first-order chi connectivity index (χ1) is 8.24. The molecule has 2 saturated heterocycles. The number of amides is 3. The molecule has 2 fully saturated rings. The highest BCUT2D eigenvalue weighted by Gasteiger charge is 2.32. The van der Waals surface area contributed by atoms with Crippen LogP contribution < -0.4 is 10.6 Å². The quantitative estimate of drug-likeness (QED) is 0.692. The summed E-state index contributed by atoms with van der Waals surface area (Å²) in [6, 6.07) is -0.862. The summed E-state index contributed by atoms with van der Waals surface area (Å²) in [7, 11) is 0. The van der Waals surface area contributed by atoms with Crippen molar-refractivity contribution in [1.29, 1.82) is 0 Å². The molecule has 0 radical (unpaired) electrons. The van der Waals surface area contributed by atoms with E-state index in [1.807, 2.05) is 0 Å². The van der Waals surface area contributed by atoms with Gasteiger partial charge in [-0.1, -0.05) is 0 Å². The van der Waals surface area contributed by atoms with Crippen LogP contribution in [0.1, 0.15) is 24.1 Å². The smallest absolute Gasteiger partial charge is 0.322 e. The van der Waals surface area contributed by atoms with Gasteiger partial charge < -0.3 is 10.1 Å². The summed E-state index contributed by atoms with van der Waals surface area (Å²) in [4.78, 5) is 22.5. The van der Waals surface area contributed by atoms with Crippen molar-refractivity contribution in [2.75, 3.05) is 13.2 Å². The Hall–Kier alpha value is -1.89. The van der Waals surface area contributed by atoms with E-state index in [4.69, 9.17) is 4.74 Å². The van der Waals surface area contributed by atoms with Gasteiger partial charge >= 0.3 is 6.03 Å². The van der Waals surface area contributed by atoms with Gasteiger partial charge in [0.25, 0.3) is 5.91 Å². The van der Waals surface area contributed by atoms with Gasteiger partial charge in [0, 0.05) is 18.4 Å². The molecule has 0 unspecified atom stereocenters. The maximum atomic E-state index is 11.5. The van der Waals surface area contributed by atoms with Crippen LogP contribution in [0, 0.1) is 0 Å². The van der Waals surface area contributed by atoms with Crippen molar-refractivity contribution in [3.63, 3.8) is 0 Å². The Labute approximate surface area is 97.1 Å². The maximum Gasteiger partial charge on any atom is 0.322 e. The van der Waals surface area contributed by atoms with Gasteiger partial charge in [0.2, 0.25) is 0 Å². The van der Waals surface area contributed by atoms with Crippen LogP contribution in [0.3, 0.4) is 0 Å². The minimum Gasteiger partial charge on any atom is -0.379 e. The zero-order chi connectivity index (χ0) is 11.8. The average molecular weight is 236 g/mol. The van der Waals surface area contributed by atoms with Crippen molar-refractivity contribution >= 4 is 11.9 Å². The molecule has 2 atom stereocenters. The number of nitrogens with one attached hydrogen (secondary N) is 2. The molecule has 2 aliphatic rings. The third-order valence-electron chi connectivity index (χ3n) is 3.01. The van der Waals surface area contributed by atoms with Crippen molar-refractivity contribution < 1.29 is 14.3 Å². The highest BCUT2D eigenvalue weighted by Crippen LogP contribution is 2.21. The second-order valence-electron chi connectivity index (χ2n) is 4.17. The summed E-state index contributed by atoms with van der Waals surface area (Å²) in [5.41, 5.74) is 0.695. The number of hydrogen-bond acceptors (Lipinski definition) is 4. The summed E-state index contributed by atoms with van der Waals surface area (Å²) in [6.07, 6.45) is 4.31. The molecule has 0 saturated carbocycles. The van der Waals surface area contributed by atoms with E-state index in [1.54, 1.807) is 17.1 Å². The molecule has 1 aromatic heterocycles. The van der Waals surface area contributed by atoms with Crippen LogP contribution in [0.25, 0.3) is 0 Å². The number of nitrogens with zero attached hydrogens (tertiary/aromatic N) is 2. The molecule has 2 N–H and O–H groups in total. The van der Waals surface area contributed by atoms with Gasteiger partial charge in [-0.05, 0) is 6.42 Å². The molecule has 7 heteroatoms. The SMILES string of the molecule is O=C1NC(=O)[C@H](c2cnn([C@H]3CCOC3)c2)N1. The molecule has 0 aliphatic carbocycles. The molecule has 3 rings (SSSR count). The molecule has 17 heavy (non-hydrogen) atoms. The van der Waals surface area contributed by atoms with Crippen LogP contribution >= 0.6 is 0 Å². The Morgan fingerprint density at radius 1 is 1.47 bits per heavy atom. The minimum absolute atomic E-state index is 0.226. The van der Waals surface area contributed by atoms with Crippen LogP contribution in [0.15, 0.2) is 12.4 Å². The van der Waals surface area contributed by atoms with E-state index >= 15 is 0 Å². The van der Waals surface area contributed by atoms with Crippen LogP contribution in [0.2, 0.25) is 0 Å². The first-order valence-electron chi connectivity index (χ1n) is 5.47. The van der Waals surface area contributed by atoms with Crippen LogP contribution in [-0.4, -0.2) is 34.9 Å². The van der Waals surface area contributed by atoms with E-state index in [2.05, 4.69) is 15.7 Å². The van der Waals surface area contributed by atoms with E-state index in [0.717, 1.165) is 13.0 Å². The van der Waals surface area contributed by atoms with E-state index in [-0.39, 0.29) is 11.9 Å². The minimum atomic E-state index is -0.626. The lowest BCUT2D eigenvalue weighted by molar-refractivity contribution is -0.120. The number of ether oxygens (including phenoxy) is 1. The molecule has 3 heterocycles. The van der Waals surface area contributed by atoms with Crippen molar-refractivity contribution in [3.05, 3.63) is 18.0 Å². The van der Waals surface area contributed by atoms with E-state index < -0.39 is 12.1 Å². The summed E-state index contributed by atoms with van der Waals surface area (Å²) in [6.45, 7) is 1.38. The molecule has 0 bridgehead atoms. The van der Waals surface area contributed by atoms with Gasteiger partial charge in [-0.2, -0.15) is 5.10 Å². The lowest BCUT2D eigenvalue weighted by Crippen LogP contribution is -2.22. The van der Waals surface area contributed by atoms with Gasteiger partial charge in [-0.15, -0.1) is 0 Å². The van der Waals surface area contributed by atoms with Gasteiger partial charge in [0.15, 0.2) is 0 Å². The second kappa shape index (κ2) is 3.85. The summed E-state index contributed by atoms with van der Waals surface area (Å²) in [5.74, 6) is -0.336. The fourth-order valence-corrected chi connectivity index (χ4v) is 2.08. The first-order valence-corrected chi connectivity index (χ1v) is 5.47. The summed E-state index contributed by atoms with van der Waals surface area (Å²) < 4.78 is 7.07. The van der Waals surface area contributed by atoms with Crippen molar-refractivity contribution in [1.82, 2.24) is 20.4 Å². The predicted octanol–water partition coefficient (Wildman–Crippen LogP) is -0.275. The normalized spacial score (nSPS) is 28.2. The van der Waals surface area contributed by atoms with Gasteiger partial charge in [-0.3, -0.25) is 14.8 Å². The number of hydrogen-bond donors (Lipinski definition) is 2. The number of rotatable bonds is 2. The van der Waals surface area contributed by atoms with E-state index in [0.29, 0.717) is 12.2 Å². The van der Waals surface area contributed by atoms with Gasteiger partial charge in [0.05, 0.1) is 18.8 Å². The molecular formula is C10H12N4O3. The standard InChI is InChI=1S/C10H12N4O3/c15-9-8(12-10(16)13-9)6-3-11-14(4-6)7-1-2-17-5-7/h3-4,7-8H,1-2,5H2,(H2,12,13,15,16)/t7-,8-/m0/s1. The van der Waals surface area contributed by atoms with Crippen molar-refractivity contribution in [2.45, 2.75) is 18.5 Å². The van der Waals surface area contributed by atoms with Gasteiger partial charge in [-0.25, -0.2) is 4.79 Å².